The average Bonchev–Trinajstić information content (AvgIpc) is 3.30. The SMILES string of the molecule is CC(=O)N[C@@H](CC(C)C)c1nc(-c2ccccc2CN2CCCC2C(N)=O)no1. The molecule has 156 valence electrons. The fraction of sp³-hybridized carbons (Fsp3) is 0.524. The van der Waals surface area contributed by atoms with E-state index in [0.29, 0.717) is 30.6 Å². The van der Waals surface area contributed by atoms with Crippen LogP contribution in [0.3, 0.4) is 0 Å². The lowest BCUT2D eigenvalue weighted by atomic mass is 10.0. The van der Waals surface area contributed by atoms with Crippen LogP contribution in [0.4, 0.5) is 0 Å². The molecule has 29 heavy (non-hydrogen) atoms. The second kappa shape index (κ2) is 9.17. The number of carbonyl (C=O) groups excluding carboxylic acids is 2. The molecular formula is C21H29N5O3. The molecule has 0 spiro atoms. The predicted octanol–water partition coefficient (Wildman–Crippen LogP) is 2.41. The minimum absolute atomic E-state index is 0.137. The van der Waals surface area contributed by atoms with Crippen molar-refractivity contribution in [3.8, 4) is 11.4 Å². The molecule has 0 radical (unpaired) electrons. The van der Waals surface area contributed by atoms with Gasteiger partial charge < -0.3 is 15.6 Å². The molecule has 0 bridgehead atoms. The van der Waals surface area contributed by atoms with E-state index in [2.05, 4.69) is 34.2 Å². The third-order valence-electron chi connectivity index (χ3n) is 5.15. The van der Waals surface area contributed by atoms with Crippen molar-refractivity contribution < 1.29 is 14.1 Å². The number of nitrogens with one attached hydrogen (secondary N) is 1. The van der Waals surface area contributed by atoms with Crippen molar-refractivity contribution in [2.45, 2.75) is 58.7 Å². The van der Waals surface area contributed by atoms with Crippen LogP contribution < -0.4 is 11.1 Å². The molecule has 1 aromatic carbocycles. The maximum absolute atomic E-state index is 11.7. The molecule has 2 heterocycles. The molecule has 8 heteroatoms. The Morgan fingerprint density at radius 3 is 2.79 bits per heavy atom. The average molecular weight is 399 g/mol. The monoisotopic (exact) mass is 399 g/mol. The number of nitrogens with two attached hydrogens (primary N) is 1. The van der Waals surface area contributed by atoms with E-state index < -0.39 is 0 Å². The molecule has 0 aliphatic carbocycles. The van der Waals surface area contributed by atoms with Gasteiger partial charge in [0.1, 0.15) is 6.04 Å². The third kappa shape index (κ3) is 5.20. The molecule has 2 amide bonds. The van der Waals surface area contributed by atoms with Crippen molar-refractivity contribution in [3.63, 3.8) is 0 Å². The third-order valence-corrected chi connectivity index (χ3v) is 5.15. The zero-order chi connectivity index (χ0) is 21.0. The standard InChI is InChI=1S/C21H29N5O3/c1-13(2)11-17(23-14(3)27)21-24-20(25-29-21)16-8-5-4-7-15(16)12-26-10-6-9-18(26)19(22)28/h4-5,7-8,13,17-18H,6,9-12H2,1-3H3,(H2,22,28)(H,23,27)/t17-,18?/m0/s1. The zero-order valence-corrected chi connectivity index (χ0v) is 17.2. The highest BCUT2D eigenvalue weighted by atomic mass is 16.5. The van der Waals surface area contributed by atoms with Crippen LogP contribution in [0.5, 0.6) is 0 Å². The Labute approximate surface area is 170 Å². The van der Waals surface area contributed by atoms with Crippen LogP contribution in [0.25, 0.3) is 11.4 Å². The van der Waals surface area contributed by atoms with E-state index in [1.54, 1.807) is 0 Å². The summed E-state index contributed by atoms with van der Waals surface area (Å²) in [5.41, 5.74) is 7.41. The topological polar surface area (TPSA) is 114 Å². The fourth-order valence-electron chi connectivity index (χ4n) is 3.86. The molecule has 1 saturated heterocycles. The number of likely N-dealkylation sites (tertiary alicyclic amines) is 1. The number of nitrogens with zero attached hydrogens (tertiary/aromatic N) is 3. The molecule has 2 aromatic rings. The number of rotatable bonds is 8. The zero-order valence-electron chi connectivity index (χ0n) is 17.2. The van der Waals surface area contributed by atoms with Gasteiger partial charge in [-0.25, -0.2) is 0 Å². The van der Waals surface area contributed by atoms with Crippen LogP contribution >= 0.6 is 0 Å². The number of hydrogen-bond donors (Lipinski definition) is 2. The number of aromatic nitrogens is 2. The lowest BCUT2D eigenvalue weighted by Gasteiger charge is -2.22. The van der Waals surface area contributed by atoms with Gasteiger partial charge in [0.05, 0.1) is 6.04 Å². The Hall–Kier alpha value is -2.74. The molecule has 1 unspecified atom stereocenters. The molecule has 1 fully saturated rings. The van der Waals surface area contributed by atoms with Crippen LogP contribution in [0.1, 0.15) is 57.5 Å². The summed E-state index contributed by atoms with van der Waals surface area (Å²) < 4.78 is 5.50. The van der Waals surface area contributed by atoms with E-state index >= 15 is 0 Å². The largest absolute Gasteiger partial charge is 0.368 e. The van der Waals surface area contributed by atoms with Crippen LogP contribution in [0.2, 0.25) is 0 Å². The molecule has 3 rings (SSSR count). The molecule has 1 aromatic heterocycles. The minimum Gasteiger partial charge on any atom is -0.368 e. The molecule has 2 atom stereocenters. The second-order valence-electron chi connectivity index (χ2n) is 8.03. The van der Waals surface area contributed by atoms with Gasteiger partial charge in [0.15, 0.2) is 0 Å². The summed E-state index contributed by atoms with van der Waals surface area (Å²) in [6.45, 7) is 7.05. The highest BCUT2D eigenvalue weighted by Crippen LogP contribution is 2.28. The maximum atomic E-state index is 11.7. The van der Waals surface area contributed by atoms with Crippen LogP contribution in [0, 0.1) is 5.92 Å². The summed E-state index contributed by atoms with van der Waals surface area (Å²) in [5, 5.41) is 7.05. The number of hydrogen-bond acceptors (Lipinski definition) is 6. The van der Waals surface area contributed by atoms with Crippen LogP contribution in [0.15, 0.2) is 28.8 Å². The van der Waals surface area contributed by atoms with Gasteiger partial charge in [-0.3, -0.25) is 14.5 Å². The summed E-state index contributed by atoms with van der Waals surface area (Å²) in [6.07, 6.45) is 2.45. The number of benzene rings is 1. The predicted molar refractivity (Wildman–Crippen MR) is 108 cm³/mol. The number of primary amides is 1. The van der Waals surface area contributed by atoms with Crippen molar-refractivity contribution in [2.75, 3.05) is 6.54 Å². The molecule has 1 aliphatic heterocycles. The van der Waals surface area contributed by atoms with Gasteiger partial charge in [-0.1, -0.05) is 43.3 Å². The Balaban J connectivity index is 1.85. The van der Waals surface area contributed by atoms with Crippen molar-refractivity contribution in [2.24, 2.45) is 11.7 Å². The highest BCUT2D eigenvalue weighted by Gasteiger charge is 2.30. The van der Waals surface area contributed by atoms with E-state index in [-0.39, 0.29) is 23.9 Å². The van der Waals surface area contributed by atoms with Gasteiger partial charge in [-0.05, 0) is 37.3 Å². The first kappa shape index (κ1) is 21.0. The Morgan fingerprint density at radius 1 is 1.34 bits per heavy atom. The first-order chi connectivity index (χ1) is 13.8. The minimum atomic E-state index is -0.321. The first-order valence-corrected chi connectivity index (χ1v) is 10.1. The summed E-state index contributed by atoms with van der Waals surface area (Å²) in [6, 6.07) is 7.26. The molecule has 8 nitrogen and oxygen atoms in total. The van der Waals surface area contributed by atoms with Crippen molar-refractivity contribution in [1.29, 1.82) is 0 Å². The Bertz CT molecular complexity index is 864. The van der Waals surface area contributed by atoms with Gasteiger partial charge in [-0.2, -0.15) is 4.98 Å². The summed E-state index contributed by atoms with van der Waals surface area (Å²) in [4.78, 5) is 30.0. The summed E-state index contributed by atoms with van der Waals surface area (Å²) >= 11 is 0. The van der Waals surface area contributed by atoms with E-state index in [1.807, 2.05) is 24.3 Å². The molecular weight excluding hydrogens is 370 g/mol. The molecule has 3 N–H and O–H groups in total. The normalized spacial score (nSPS) is 18.1. The number of carbonyl (C=O) groups is 2. The van der Waals surface area contributed by atoms with Crippen molar-refractivity contribution >= 4 is 11.8 Å². The van der Waals surface area contributed by atoms with Gasteiger partial charge in [0.25, 0.3) is 0 Å². The lowest BCUT2D eigenvalue weighted by Crippen LogP contribution is -2.39. The van der Waals surface area contributed by atoms with Gasteiger partial charge >= 0.3 is 0 Å². The number of amides is 2. The molecule has 0 saturated carbocycles. The van der Waals surface area contributed by atoms with Gasteiger partial charge in [-0.15, -0.1) is 0 Å². The van der Waals surface area contributed by atoms with Crippen LogP contribution in [-0.2, 0) is 16.1 Å². The fourth-order valence-corrected chi connectivity index (χ4v) is 3.86. The van der Waals surface area contributed by atoms with E-state index in [1.165, 1.54) is 6.92 Å². The van der Waals surface area contributed by atoms with Gasteiger partial charge in [0, 0.05) is 19.0 Å². The summed E-state index contributed by atoms with van der Waals surface area (Å²) in [5.74, 6) is 0.811. The summed E-state index contributed by atoms with van der Waals surface area (Å²) in [7, 11) is 0. The van der Waals surface area contributed by atoms with Gasteiger partial charge in [0.2, 0.25) is 23.5 Å². The lowest BCUT2D eigenvalue weighted by molar-refractivity contribution is -0.122. The van der Waals surface area contributed by atoms with E-state index in [4.69, 9.17) is 10.3 Å². The van der Waals surface area contributed by atoms with Crippen molar-refractivity contribution in [3.05, 3.63) is 35.7 Å². The van der Waals surface area contributed by atoms with E-state index in [9.17, 15) is 9.59 Å². The quantitative estimate of drug-likeness (QED) is 0.704. The van der Waals surface area contributed by atoms with Crippen molar-refractivity contribution in [1.82, 2.24) is 20.4 Å². The highest BCUT2D eigenvalue weighted by molar-refractivity contribution is 5.80. The maximum Gasteiger partial charge on any atom is 0.249 e. The smallest absolute Gasteiger partial charge is 0.249 e. The van der Waals surface area contributed by atoms with E-state index in [0.717, 1.165) is 30.5 Å². The second-order valence-corrected chi connectivity index (χ2v) is 8.03. The Kier molecular flexibility index (Phi) is 6.64. The Morgan fingerprint density at radius 2 is 2.10 bits per heavy atom. The molecule has 1 aliphatic rings. The van der Waals surface area contributed by atoms with Crippen LogP contribution in [-0.4, -0.2) is 39.4 Å². The first-order valence-electron chi connectivity index (χ1n) is 10.1.